The van der Waals surface area contributed by atoms with E-state index in [1.54, 1.807) is 2.89 Å². The van der Waals surface area contributed by atoms with Gasteiger partial charge in [-0.3, -0.25) is 0 Å². The summed E-state index contributed by atoms with van der Waals surface area (Å²) in [6.07, 6.45) is 18.1. The molecule has 0 spiro atoms. The third-order valence-corrected chi connectivity index (χ3v) is 32.9. The number of hydrogen-bond acceptors (Lipinski definition) is 3. The minimum atomic E-state index is -2.46. The zero-order valence-corrected chi connectivity index (χ0v) is 31.6. The van der Waals surface area contributed by atoms with Gasteiger partial charge in [0.15, 0.2) is 0 Å². The van der Waals surface area contributed by atoms with Gasteiger partial charge >= 0.3 is 235 Å². The Hall–Kier alpha value is -0.174. The van der Waals surface area contributed by atoms with Crippen molar-refractivity contribution < 1.29 is 4.43 Å². The number of aromatic nitrogens is 1. The van der Waals surface area contributed by atoms with Crippen molar-refractivity contribution in [3.8, 4) is 0 Å². The molecule has 0 N–H and O–H groups in total. The van der Waals surface area contributed by atoms with E-state index in [9.17, 15) is 0 Å². The molecular formula is C34H61NOSSiSn. The van der Waals surface area contributed by atoms with Gasteiger partial charge in [-0.1, -0.05) is 18.2 Å². The fourth-order valence-corrected chi connectivity index (χ4v) is 26.6. The predicted molar refractivity (Wildman–Crippen MR) is 181 cm³/mol. The second kappa shape index (κ2) is 17.7. The maximum absolute atomic E-state index is 7.14. The molecule has 39 heavy (non-hydrogen) atoms. The van der Waals surface area contributed by atoms with Crippen molar-refractivity contribution in [1.82, 2.24) is 4.98 Å². The molecule has 2 rings (SSSR count). The first-order valence-electron chi connectivity index (χ1n) is 16.3. The van der Waals surface area contributed by atoms with E-state index in [0.717, 1.165) is 6.42 Å². The molecule has 0 fully saturated rings. The average Bonchev–Trinajstić information content (AvgIpc) is 3.40. The summed E-state index contributed by atoms with van der Waals surface area (Å²) in [7, 11) is -1.89. The first-order chi connectivity index (χ1) is 18.6. The van der Waals surface area contributed by atoms with Crippen LogP contribution in [0.1, 0.15) is 129 Å². The van der Waals surface area contributed by atoms with Gasteiger partial charge in [0.05, 0.1) is 0 Å². The van der Waals surface area contributed by atoms with E-state index in [1.165, 1.54) is 94.5 Å². The van der Waals surface area contributed by atoms with E-state index in [2.05, 4.69) is 103 Å². The Morgan fingerprint density at radius 3 is 1.92 bits per heavy atom. The molecule has 0 aliphatic rings. The Kier molecular flexibility index (Phi) is 15.9. The van der Waals surface area contributed by atoms with E-state index in [4.69, 9.17) is 9.41 Å². The third-order valence-electron chi connectivity index (χ3n) is 9.12. The molecule has 1 heterocycles. The molecule has 5 heteroatoms. The van der Waals surface area contributed by atoms with Gasteiger partial charge in [0.25, 0.3) is 0 Å². The number of benzene rings is 1. The molecule has 0 aliphatic heterocycles. The molecular weight excluding hydrogens is 617 g/mol. The number of nitrogens with zero attached hydrogens (tertiary/aromatic N) is 1. The van der Waals surface area contributed by atoms with Crippen LogP contribution in [0.3, 0.4) is 0 Å². The summed E-state index contributed by atoms with van der Waals surface area (Å²) in [6, 6.07) is 10.9. The van der Waals surface area contributed by atoms with Crippen LogP contribution in [-0.2, 0) is 10.8 Å². The Bertz CT molecular complexity index is 886. The summed E-state index contributed by atoms with van der Waals surface area (Å²) in [5.41, 5.74) is 1.47. The van der Waals surface area contributed by atoms with Crippen molar-refractivity contribution in [3.63, 3.8) is 0 Å². The zero-order valence-electron chi connectivity index (χ0n) is 26.9. The summed E-state index contributed by atoms with van der Waals surface area (Å²) in [5, 5.41) is 1.51. The second-order valence-corrected chi connectivity index (χ2v) is 33.4. The predicted octanol–water partition coefficient (Wildman–Crippen LogP) is 11.5. The average molecular weight is 679 g/mol. The normalized spacial score (nSPS) is 13.6. The topological polar surface area (TPSA) is 22.1 Å². The first-order valence-corrected chi connectivity index (χ1v) is 27.5. The molecule has 2 nitrogen and oxygen atoms in total. The van der Waals surface area contributed by atoms with E-state index < -0.39 is 26.7 Å². The Labute approximate surface area is 252 Å². The van der Waals surface area contributed by atoms with E-state index in [1.807, 2.05) is 0 Å². The van der Waals surface area contributed by atoms with E-state index in [-0.39, 0.29) is 11.1 Å². The monoisotopic (exact) mass is 679 g/mol. The quantitative estimate of drug-likeness (QED) is 0.103. The van der Waals surface area contributed by atoms with Crippen LogP contribution < -0.4 is 2.89 Å². The number of aryl methyl sites for hydroxylation is 1. The Balaban J connectivity index is 2.18. The summed E-state index contributed by atoms with van der Waals surface area (Å²) in [6.45, 7) is 19.1. The van der Waals surface area contributed by atoms with E-state index >= 15 is 0 Å². The van der Waals surface area contributed by atoms with Crippen LogP contribution in [0, 0.1) is 0 Å². The zero-order chi connectivity index (χ0) is 28.8. The van der Waals surface area contributed by atoms with E-state index in [0.29, 0.717) is 0 Å². The van der Waals surface area contributed by atoms with Crippen molar-refractivity contribution in [2.45, 2.75) is 156 Å². The number of unbranched alkanes of at least 4 members (excludes halogenated alkanes) is 6. The SMILES string of the molecule is CCC[CH2][Sn]([CH2]CCC)([CH2]CCC)[c]1cnc(C(CCCCCCc2ccccc2)O[Si](C)(C)C(C)(C)C)s1. The van der Waals surface area contributed by atoms with Crippen molar-refractivity contribution in [2.75, 3.05) is 0 Å². The number of hydrogen-bond donors (Lipinski definition) is 0. The van der Waals surface area contributed by atoms with Gasteiger partial charge in [-0.2, -0.15) is 0 Å². The standard InChI is InChI=1S/C22H34NOSSi.3C4H9.Sn/c1-22(2,3)26(4,5)24-20(21-23-17-18-25-21)16-12-7-6-9-13-19-14-10-8-11-15-19;3*1-3-4-2;/h8,10-11,14-15,17,20H,6-7,9,12-13,16H2,1-5H3;3*1,3-4H2,2H3;. The molecule has 1 aromatic carbocycles. The van der Waals surface area contributed by atoms with Gasteiger partial charge in [-0.05, 0) is 0 Å². The summed E-state index contributed by atoms with van der Waals surface area (Å²) < 4.78 is 13.4. The van der Waals surface area contributed by atoms with Gasteiger partial charge in [0.2, 0.25) is 0 Å². The first kappa shape index (κ1) is 35.0. The molecule has 0 amide bonds. The molecule has 1 atom stereocenters. The molecule has 1 unspecified atom stereocenters. The van der Waals surface area contributed by atoms with Crippen LogP contribution in [0.4, 0.5) is 0 Å². The van der Waals surface area contributed by atoms with Crippen LogP contribution in [0.5, 0.6) is 0 Å². The number of thiazole rings is 1. The van der Waals surface area contributed by atoms with Crippen LogP contribution in [0.25, 0.3) is 0 Å². The fourth-order valence-electron chi connectivity index (χ4n) is 5.39. The van der Waals surface area contributed by atoms with Crippen LogP contribution >= 0.6 is 11.3 Å². The molecule has 0 radical (unpaired) electrons. The molecule has 2 aromatic rings. The molecule has 0 bridgehead atoms. The maximum atomic E-state index is 7.14. The van der Waals surface area contributed by atoms with Gasteiger partial charge < -0.3 is 0 Å². The third kappa shape index (κ3) is 11.6. The minimum absolute atomic E-state index is 0.172. The second-order valence-electron chi connectivity index (χ2n) is 13.5. The van der Waals surface area contributed by atoms with Gasteiger partial charge in [0, 0.05) is 0 Å². The van der Waals surface area contributed by atoms with Crippen LogP contribution in [-0.4, -0.2) is 31.7 Å². The van der Waals surface area contributed by atoms with Crippen molar-refractivity contribution in [2.24, 2.45) is 0 Å². The Morgan fingerprint density at radius 2 is 1.38 bits per heavy atom. The molecule has 1 aromatic heterocycles. The van der Waals surface area contributed by atoms with Crippen molar-refractivity contribution >= 4 is 40.9 Å². The van der Waals surface area contributed by atoms with Crippen molar-refractivity contribution in [3.05, 3.63) is 47.1 Å². The van der Waals surface area contributed by atoms with Gasteiger partial charge in [-0.25, -0.2) is 0 Å². The van der Waals surface area contributed by atoms with Crippen LogP contribution in [0.15, 0.2) is 36.5 Å². The fraction of sp³-hybridized carbons (Fsp3) is 0.735. The Morgan fingerprint density at radius 1 is 0.821 bits per heavy atom. The van der Waals surface area contributed by atoms with Gasteiger partial charge in [0.1, 0.15) is 0 Å². The van der Waals surface area contributed by atoms with Gasteiger partial charge in [-0.15, -0.1) is 0 Å². The van der Waals surface area contributed by atoms with Crippen LogP contribution in [0.2, 0.25) is 31.4 Å². The summed E-state index contributed by atoms with van der Waals surface area (Å²) in [5.74, 6) is 0. The molecule has 0 saturated heterocycles. The summed E-state index contributed by atoms with van der Waals surface area (Å²) >= 11 is -0.364. The molecule has 0 saturated carbocycles. The number of rotatable bonds is 20. The summed E-state index contributed by atoms with van der Waals surface area (Å²) in [4.78, 5) is 5.20. The molecule has 222 valence electrons. The van der Waals surface area contributed by atoms with Crippen molar-refractivity contribution in [1.29, 1.82) is 0 Å². The molecule has 0 aliphatic carbocycles.